The van der Waals surface area contributed by atoms with Gasteiger partial charge in [0.15, 0.2) is 5.82 Å². The Labute approximate surface area is 316 Å². The third-order valence-electron chi connectivity index (χ3n) is 9.91. The summed E-state index contributed by atoms with van der Waals surface area (Å²) in [6.07, 6.45) is 0. The molecule has 0 aliphatic heterocycles. The van der Waals surface area contributed by atoms with E-state index in [0.717, 1.165) is 39.2 Å². The van der Waals surface area contributed by atoms with Gasteiger partial charge in [0.25, 0.3) is 0 Å². The summed E-state index contributed by atoms with van der Waals surface area (Å²) in [7, 11) is 0. The van der Waals surface area contributed by atoms with Crippen LogP contribution in [-0.4, -0.2) is 9.97 Å². The van der Waals surface area contributed by atoms with Gasteiger partial charge in [-0.15, -0.1) is 0 Å². The van der Waals surface area contributed by atoms with Gasteiger partial charge in [0.1, 0.15) is 0 Å². The number of hydrogen-bond donors (Lipinski definition) is 0. The molecule has 0 radical (unpaired) electrons. The van der Waals surface area contributed by atoms with Gasteiger partial charge in [-0.05, 0) is 79.9 Å². The van der Waals surface area contributed by atoms with Crippen molar-refractivity contribution in [3.05, 3.63) is 218 Å². The van der Waals surface area contributed by atoms with Crippen LogP contribution in [0.4, 0.5) is 0 Å². The van der Waals surface area contributed by atoms with E-state index in [9.17, 15) is 0 Å². The van der Waals surface area contributed by atoms with Gasteiger partial charge < -0.3 is 0 Å². The Bertz CT molecular complexity index is 2590. The average Bonchev–Trinajstić information content (AvgIpc) is 3.27. The normalized spacial score (nSPS) is 11.0. The van der Waals surface area contributed by atoms with Crippen molar-refractivity contribution in [2.75, 3.05) is 0 Å². The highest BCUT2D eigenvalue weighted by atomic mass is 14.9. The summed E-state index contributed by atoms with van der Waals surface area (Å²) in [5.74, 6) is 0.700. The first-order valence-electron chi connectivity index (χ1n) is 18.3. The van der Waals surface area contributed by atoms with E-state index in [2.05, 4.69) is 194 Å². The number of rotatable bonds is 8. The van der Waals surface area contributed by atoms with E-state index in [4.69, 9.17) is 9.97 Å². The van der Waals surface area contributed by atoms with Crippen LogP contribution in [0, 0.1) is 0 Å². The minimum atomic E-state index is 0.700. The number of nitrogens with zero attached hydrogens (tertiary/aromatic N) is 2. The highest BCUT2D eigenvalue weighted by molar-refractivity contribution is 5.98. The number of aromatic nitrogens is 2. The predicted molar refractivity (Wildman–Crippen MR) is 226 cm³/mol. The Morgan fingerprint density at radius 1 is 0.222 bits per heavy atom. The molecule has 0 spiro atoms. The lowest BCUT2D eigenvalue weighted by Crippen LogP contribution is -1.96. The van der Waals surface area contributed by atoms with Crippen LogP contribution in [0.15, 0.2) is 218 Å². The summed E-state index contributed by atoms with van der Waals surface area (Å²) in [6, 6.07) is 77.1. The lowest BCUT2D eigenvalue weighted by atomic mass is 9.84. The second-order valence-electron chi connectivity index (χ2n) is 13.4. The second-order valence-corrected chi connectivity index (χ2v) is 13.4. The topological polar surface area (TPSA) is 25.8 Å². The summed E-state index contributed by atoms with van der Waals surface area (Å²) >= 11 is 0. The van der Waals surface area contributed by atoms with Crippen LogP contribution in [0.25, 0.3) is 89.5 Å². The Kier molecular flexibility index (Phi) is 8.99. The zero-order chi connectivity index (χ0) is 36.1. The quantitative estimate of drug-likeness (QED) is 0.159. The smallest absolute Gasteiger partial charge is 0.160 e. The van der Waals surface area contributed by atoms with Gasteiger partial charge in [-0.3, -0.25) is 0 Å². The molecule has 0 saturated carbocycles. The molecule has 0 unspecified atom stereocenters. The molecular formula is C52H36N2. The molecule has 254 valence electrons. The molecule has 2 heteroatoms. The molecule has 54 heavy (non-hydrogen) atoms. The minimum absolute atomic E-state index is 0.700. The van der Waals surface area contributed by atoms with E-state index in [1.165, 1.54) is 44.5 Å². The van der Waals surface area contributed by atoms with Crippen LogP contribution >= 0.6 is 0 Å². The first-order chi connectivity index (χ1) is 26.8. The summed E-state index contributed by atoms with van der Waals surface area (Å²) in [6.45, 7) is 0. The van der Waals surface area contributed by atoms with Crippen molar-refractivity contribution in [2.24, 2.45) is 0 Å². The van der Waals surface area contributed by atoms with Gasteiger partial charge in [-0.2, -0.15) is 0 Å². The lowest BCUT2D eigenvalue weighted by molar-refractivity contribution is 1.18. The Balaban J connectivity index is 1.19. The third-order valence-corrected chi connectivity index (χ3v) is 9.91. The highest BCUT2D eigenvalue weighted by Crippen LogP contribution is 2.44. The predicted octanol–water partition coefficient (Wildman–Crippen LogP) is 13.8. The van der Waals surface area contributed by atoms with E-state index in [-0.39, 0.29) is 0 Å². The van der Waals surface area contributed by atoms with Crippen LogP contribution in [0.2, 0.25) is 0 Å². The van der Waals surface area contributed by atoms with Gasteiger partial charge in [0.2, 0.25) is 0 Å². The van der Waals surface area contributed by atoms with Gasteiger partial charge in [-0.1, -0.05) is 194 Å². The largest absolute Gasteiger partial charge is 0.228 e. The molecule has 0 fully saturated rings. The number of benzene rings is 8. The van der Waals surface area contributed by atoms with Crippen LogP contribution in [0.3, 0.4) is 0 Å². The van der Waals surface area contributed by atoms with Crippen molar-refractivity contribution < 1.29 is 0 Å². The maximum atomic E-state index is 5.15. The zero-order valence-electron chi connectivity index (χ0n) is 29.7. The Morgan fingerprint density at radius 2 is 0.611 bits per heavy atom. The standard InChI is InChI=1S/C52H36N2/c1-6-17-37(18-7-1)44-27-16-28-45(33-44)50-36-49(53-52(54-50)43-25-14-5-15-26-43)41-29-31-42(32-30-41)51-47(39-21-10-3-11-22-39)34-46(38-19-8-2-9-20-38)35-48(51)40-23-12-4-13-24-40/h1-36H. The summed E-state index contributed by atoms with van der Waals surface area (Å²) in [5, 5.41) is 0. The van der Waals surface area contributed by atoms with Crippen molar-refractivity contribution in [1.82, 2.24) is 9.97 Å². The molecule has 0 aliphatic rings. The Morgan fingerprint density at radius 3 is 1.13 bits per heavy atom. The molecular weight excluding hydrogens is 653 g/mol. The molecule has 0 atom stereocenters. The van der Waals surface area contributed by atoms with Gasteiger partial charge in [0.05, 0.1) is 11.4 Å². The van der Waals surface area contributed by atoms with Crippen LogP contribution < -0.4 is 0 Å². The highest BCUT2D eigenvalue weighted by Gasteiger charge is 2.18. The van der Waals surface area contributed by atoms with Crippen molar-refractivity contribution in [3.63, 3.8) is 0 Å². The molecule has 9 aromatic rings. The molecule has 0 aliphatic carbocycles. The molecule has 0 amide bonds. The fourth-order valence-corrected chi connectivity index (χ4v) is 7.20. The maximum absolute atomic E-state index is 5.15. The minimum Gasteiger partial charge on any atom is -0.228 e. The molecule has 0 bridgehead atoms. The molecule has 0 N–H and O–H groups in total. The van der Waals surface area contributed by atoms with E-state index < -0.39 is 0 Å². The van der Waals surface area contributed by atoms with Crippen molar-refractivity contribution in [3.8, 4) is 89.5 Å². The zero-order valence-corrected chi connectivity index (χ0v) is 29.7. The second kappa shape index (κ2) is 14.8. The van der Waals surface area contributed by atoms with Gasteiger partial charge in [0, 0.05) is 16.7 Å². The van der Waals surface area contributed by atoms with Gasteiger partial charge in [-0.25, -0.2) is 9.97 Å². The summed E-state index contributed by atoms with van der Waals surface area (Å²) < 4.78 is 0. The van der Waals surface area contributed by atoms with Crippen molar-refractivity contribution >= 4 is 0 Å². The molecule has 0 saturated heterocycles. The molecule has 2 nitrogen and oxygen atoms in total. The van der Waals surface area contributed by atoms with Crippen LogP contribution in [0.5, 0.6) is 0 Å². The average molecular weight is 689 g/mol. The molecule has 9 rings (SSSR count). The van der Waals surface area contributed by atoms with E-state index in [1.807, 2.05) is 24.3 Å². The fourth-order valence-electron chi connectivity index (χ4n) is 7.20. The molecule has 8 aromatic carbocycles. The van der Waals surface area contributed by atoms with E-state index in [1.54, 1.807) is 0 Å². The van der Waals surface area contributed by atoms with Crippen LogP contribution in [-0.2, 0) is 0 Å². The van der Waals surface area contributed by atoms with E-state index >= 15 is 0 Å². The van der Waals surface area contributed by atoms with Crippen molar-refractivity contribution in [1.29, 1.82) is 0 Å². The summed E-state index contributed by atoms with van der Waals surface area (Å²) in [4.78, 5) is 10.3. The molecule has 1 heterocycles. The first-order valence-corrected chi connectivity index (χ1v) is 18.3. The van der Waals surface area contributed by atoms with E-state index in [0.29, 0.717) is 5.82 Å². The molecule has 1 aromatic heterocycles. The van der Waals surface area contributed by atoms with Gasteiger partial charge >= 0.3 is 0 Å². The summed E-state index contributed by atoms with van der Waals surface area (Å²) in [5.41, 5.74) is 16.6. The SMILES string of the molecule is c1ccc(-c2cccc(-c3cc(-c4ccc(-c5c(-c6ccccc6)cc(-c6ccccc6)cc5-c5ccccc5)cc4)nc(-c4ccccc4)n3)c2)cc1. The third kappa shape index (κ3) is 6.77. The fraction of sp³-hybridized carbons (Fsp3) is 0. The lowest BCUT2D eigenvalue weighted by Gasteiger charge is -2.19. The number of hydrogen-bond acceptors (Lipinski definition) is 2. The first kappa shape index (κ1) is 32.7. The monoisotopic (exact) mass is 688 g/mol. The Hall–Kier alpha value is -7.16. The van der Waals surface area contributed by atoms with Crippen molar-refractivity contribution in [2.45, 2.75) is 0 Å². The van der Waals surface area contributed by atoms with Crippen LogP contribution in [0.1, 0.15) is 0 Å². The maximum Gasteiger partial charge on any atom is 0.160 e.